The summed E-state index contributed by atoms with van der Waals surface area (Å²) in [6.07, 6.45) is 0.488. The number of hydrogen-bond acceptors (Lipinski definition) is 6. The predicted octanol–water partition coefficient (Wildman–Crippen LogP) is 5.53. The largest absolute Gasteiger partial charge is 0.496 e. The molecule has 2 amide bonds. The van der Waals surface area contributed by atoms with Gasteiger partial charge in [-0.25, -0.2) is 15.6 Å². The monoisotopic (exact) mass is 627 g/mol. The molecule has 0 radical (unpaired) electrons. The fourth-order valence-corrected chi connectivity index (χ4v) is 5.88. The van der Waals surface area contributed by atoms with Crippen LogP contribution in [0.4, 0.5) is 24.7 Å². The Balaban J connectivity index is 1.42. The minimum absolute atomic E-state index is 0.0134. The molecule has 13 heteroatoms. The highest BCUT2D eigenvalue weighted by atomic mass is 32.2. The van der Waals surface area contributed by atoms with E-state index in [0.29, 0.717) is 41.4 Å². The van der Waals surface area contributed by atoms with Gasteiger partial charge in [-0.1, -0.05) is 6.07 Å². The molecular weight excluding hydrogens is 595 g/mol. The molecule has 232 valence electrons. The van der Waals surface area contributed by atoms with E-state index in [1.165, 1.54) is 19.1 Å². The third-order valence-corrected chi connectivity index (χ3v) is 8.71. The van der Waals surface area contributed by atoms with Crippen LogP contribution in [-0.2, 0) is 25.7 Å². The van der Waals surface area contributed by atoms with Gasteiger partial charge in [0.1, 0.15) is 28.6 Å². The number of nitrogens with one attached hydrogen (secondary N) is 2. The summed E-state index contributed by atoms with van der Waals surface area (Å²) in [7, 11) is 2.47. The number of hydrogen-bond donors (Lipinski definition) is 4. The summed E-state index contributed by atoms with van der Waals surface area (Å²) in [5.74, 6) is -0.527. The summed E-state index contributed by atoms with van der Waals surface area (Å²) in [6, 6.07) is 14.1. The molecule has 0 aliphatic carbocycles. The number of amides is 2. The van der Waals surface area contributed by atoms with Crippen LogP contribution in [0, 0.1) is 0 Å². The first-order chi connectivity index (χ1) is 20.9. The van der Waals surface area contributed by atoms with Gasteiger partial charge >= 0.3 is 6.18 Å². The van der Waals surface area contributed by atoms with Crippen molar-refractivity contribution in [1.82, 2.24) is 15.1 Å². The van der Waals surface area contributed by atoms with Crippen LogP contribution >= 0.6 is 10.9 Å². The van der Waals surface area contributed by atoms with Gasteiger partial charge in [0.05, 0.1) is 25.3 Å². The number of ether oxygens (including phenoxy) is 2. The minimum Gasteiger partial charge on any atom is -0.496 e. The molecule has 9 nitrogen and oxygen atoms in total. The fraction of sp³-hybridized carbons (Fsp3) is 0.258. The Morgan fingerprint density at radius 2 is 1.80 bits per heavy atom. The Morgan fingerprint density at radius 1 is 1.05 bits per heavy atom. The second-order valence-corrected chi connectivity index (χ2v) is 12.7. The van der Waals surface area contributed by atoms with E-state index >= 15 is 0 Å². The predicted molar refractivity (Wildman–Crippen MR) is 164 cm³/mol. The van der Waals surface area contributed by atoms with Crippen LogP contribution in [0.5, 0.6) is 11.5 Å². The highest BCUT2D eigenvalue weighted by molar-refractivity contribution is 8.15. The van der Waals surface area contributed by atoms with Gasteiger partial charge in [-0.15, -0.1) is 0 Å². The summed E-state index contributed by atoms with van der Waals surface area (Å²) in [4.78, 5) is 26.9. The third kappa shape index (κ3) is 6.05. The van der Waals surface area contributed by atoms with Crippen molar-refractivity contribution in [1.29, 1.82) is 0 Å². The van der Waals surface area contributed by atoms with E-state index in [1.807, 2.05) is 6.07 Å². The molecule has 44 heavy (non-hydrogen) atoms. The molecule has 4 N–H and O–H groups in total. The SMILES string of the molecule is COc1ccc(C(F)(F)F)cc1C(=O)NCc1ccc(-c2nn3c(c2C(N)=O)Nc2ccc([SH](C)C)cc2CC3)c(OC)c1. The minimum atomic E-state index is -4.61. The number of rotatable bonds is 8. The molecule has 0 bridgehead atoms. The molecule has 1 aliphatic rings. The van der Waals surface area contributed by atoms with Crippen molar-refractivity contribution in [2.75, 3.05) is 32.0 Å². The number of carbonyl (C=O) groups excluding carboxylic acids is 2. The van der Waals surface area contributed by atoms with E-state index in [2.05, 4.69) is 35.3 Å². The van der Waals surface area contributed by atoms with Crippen molar-refractivity contribution in [3.05, 3.63) is 82.4 Å². The number of nitrogens with zero attached hydrogens (tertiary/aromatic N) is 2. The van der Waals surface area contributed by atoms with Crippen LogP contribution in [0.1, 0.15) is 37.4 Å². The topological polar surface area (TPSA) is 121 Å². The molecule has 0 spiro atoms. The van der Waals surface area contributed by atoms with Crippen molar-refractivity contribution in [3.63, 3.8) is 0 Å². The van der Waals surface area contributed by atoms with Crippen LogP contribution in [-0.4, -0.2) is 48.3 Å². The molecular formula is C31H32F3N5O4S. The second kappa shape index (κ2) is 12.2. The van der Waals surface area contributed by atoms with Gasteiger partial charge in [0.15, 0.2) is 0 Å². The quantitative estimate of drug-likeness (QED) is 0.191. The molecule has 2 heterocycles. The third-order valence-electron chi connectivity index (χ3n) is 7.40. The highest BCUT2D eigenvalue weighted by Gasteiger charge is 2.32. The number of halogens is 3. The maximum Gasteiger partial charge on any atom is 0.416 e. The molecule has 3 aromatic carbocycles. The Hall–Kier alpha value is -4.65. The number of nitrogens with two attached hydrogens (primary N) is 1. The lowest BCUT2D eigenvalue weighted by Gasteiger charge is -2.15. The average Bonchev–Trinajstić information content (AvgIpc) is 3.26. The summed E-state index contributed by atoms with van der Waals surface area (Å²) >= 11 is 0. The van der Waals surface area contributed by atoms with Crippen molar-refractivity contribution in [3.8, 4) is 22.8 Å². The zero-order chi connectivity index (χ0) is 31.8. The first-order valence-corrected chi connectivity index (χ1v) is 15.8. The van der Waals surface area contributed by atoms with E-state index < -0.39 is 23.6 Å². The summed E-state index contributed by atoms with van der Waals surface area (Å²) in [6.45, 7) is 0.505. The van der Waals surface area contributed by atoms with Crippen molar-refractivity contribution in [2.45, 2.75) is 30.6 Å². The number of anilines is 2. The van der Waals surface area contributed by atoms with Gasteiger partial charge in [-0.2, -0.15) is 18.3 Å². The number of alkyl halides is 3. The van der Waals surface area contributed by atoms with Crippen molar-refractivity contribution >= 4 is 34.2 Å². The van der Waals surface area contributed by atoms with E-state index in [9.17, 15) is 22.8 Å². The number of aryl methyl sites for hydroxylation is 2. The van der Waals surface area contributed by atoms with Gasteiger partial charge in [-0.05, 0) is 83.5 Å². The summed E-state index contributed by atoms with van der Waals surface area (Å²) in [5.41, 5.74) is 8.35. The normalized spacial score (nSPS) is 12.8. The number of carbonyl (C=O) groups is 2. The molecule has 0 unspecified atom stereocenters. The molecule has 1 aromatic heterocycles. The van der Waals surface area contributed by atoms with Gasteiger partial charge < -0.3 is 25.8 Å². The number of fused-ring (bicyclic) bond motifs is 2. The van der Waals surface area contributed by atoms with Crippen LogP contribution in [0.2, 0.25) is 0 Å². The molecule has 0 saturated heterocycles. The summed E-state index contributed by atoms with van der Waals surface area (Å²) in [5, 5.41) is 10.7. The lowest BCUT2D eigenvalue weighted by Crippen LogP contribution is -2.24. The molecule has 0 fully saturated rings. The zero-order valence-corrected chi connectivity index (χ0v) is 25.4. The van der Waals surface area contributed by atoms with Gasteiger partial charge in [-0.3, -0.25) is 9.59 Å². The lowest BCUT2D eigenvalue weighted by molar-refractivity contribution is -0.137. The van der Waals surface area contributed by atoms with Crippen LogP contribution in [0.25, 0.3) is 11.3 Å². The maximum absolute atomic E-state index is 13.2. The number of benzene rings is 3. The Labute approximate surface area is 254 Å². The maximum atomic E-state index is 13.2. The average molecular weight is 628 g/mol. The van der Waals surface area contributed by atoms with Gasteiger partial charge in [0.2, 0.25) is 0 Å². The van der Waals surface area contributed by atoms with Gasteiger partial charge in [0, 0.05) is 24.3 Å². The number of aromatic nitrogens is 2. The second-order valence-electron chi connectivity index (χ2n) is 10.4. The molecule has 1 aliphatic heterocycles. The van der Waals surface area contributed by atoms with E-state index in [4.69, 9.17) is 20.3 Å². The Bertz CT molecular complexity index is 1750. The van der Waals surface area contributed by atoms with E-state index in [0.717, 1.165) is 29.4 Å². The van der Waals surface area contributed by atoms with Crippen LogP contribution < -0.4 is 25.8 Å². The van der Waals surface area contributed by atoms with E-state index in [1.54, 1.807) is 22.9 Å². The Morgan fingerprint density at radius 3 is 2.45 bits per heavy atom. The molecule has 4 aromatic rings. The van der Waals surface area contributed by atoms with Crippen molar-refractivity contribution < 1.29 is 32.2 Å². The standard InChI is InChI=1S/C31H32F3N5O4S/c1-42-24-10-6-19(31(32,33)34)15-22(24)30(41)36-16-17-5-8-21(25(13-17)43-2)27-26(28(35)40)29-37-23-9-7-20(44(3)4)14-18(23)11-12-39(29)38-27/h5-10,13-15,37,44H,11-12,16H2,1-4H3,(H2,35,40)(H,36,41). The molecule has 0 atom stereocenters. The fourth-order valence-electron chi connectivity index (χ4n) is 5.09. The summed E-state index contributed by atoms with van der Waals surface area (Å²) < 4.78 is 52.2. The number of methoxy groups -OCH3 is 2. The van der Waals surface area contributed by atoms with Crippen LogP contribution in [0.15, 0.2) is 59.5 Å². The first-order valence-electron chi connectivity index (χ1n) is 13.6. The smallest absolute Gasteiger partial charge is 0.416 e. The first kappa shape index (κ1) is 30.8. The number of thiol groups is 1. The zero-order valence-electron chi connectivity index (χ0n) is 24.5. The Kier molecular flexibility index (Phi) is 8.51. The van der Waals surface area contributed by atoms with Crippen molar-refractivity contribution in [2.24, 2.45) is 5.73 Å². The lowest BCUT2D eigenvalue weighted by atomic mass is 10.0. The molecule has 5 rings (SSSR count). The highest BCUT2D eigenvalue weighted by Crippen LogP contribution is 2.40. The van der Waals surface area contributed by atoms with Crippen LogP contribution in [0.3, 0.4) is 0 Å². The number of primary amides is 1. The van der Waals surface area contributed by atoms with Gasteiger partial charge in [0.25, 0.3) is 11.8 Å². The molecule has 0 saturated carbocycles. The van der Waals surface area contributed by atoms with E-state index in [-0.39, 0.29) is 34.3 Å².